The van der Waals surface area contributed by atoms with Gasteiger partial charge >= 0.3 is 5.97 Å². The molecule has 9 heteroatoms. The predicted octanol–water partition coefficient (Wildman–Crippen LogP) is 2.64. The van der Waals surface area contributed by atoms with E-state index in [2.05, 4.69) is 4.99 Å². The van der Waals surface area contributed by atoms with Gasteiger partial charge in [-0.25, -0.2) is 0 Å². The van der Waals surface area contributed by atoms with Crippen LogP contribution in [0.3, 0.4) is 0 Å². The van der Waals surface area contributed by atoms with Crippen LogP contribution in [-0.4, -0.2) is 44.9 Å². The Balaban J connectivity index is 2.18. The van der Waals surface area contributed by atoms with Gasteiger partial charge in [-0.2, -0.15) is 4.99 Å². The van der Waals surface area contributed by atoms with Crippen LogP contribution in [0.2, 0.25) is 0 Å². The average Bonchev–Trinajstić information content (AvgIpc) is 3.09. The minimum absolute atomic E-state index is 0.107. The second-order valence-electron chi connectivity index (χ2n) is 5.87. The third kappa shape index (κ3) is 4.24. The van der Waals surface area contributed by atoms with E-state index >= 15 is 0 Å². The van der Waals surface area contributed by atoms with Gasteiger partial charge in [-0.3, -0.25) is 9.59 Å². The second-order valence-corrected chi connectivity index (χ2v) is 6.88. The first kappa shape index (κ1) is 20.4. The number of para-hydroxylation sites is 1. The van der Waals surface area contributed by atoms with E-state index in [9.17, 15) is 9.59 Å². The molecule has 3 rings (SSSR count). The number of carbonyl (C=O) groups is 2. The van der Waals surface area contributed by atoms with Crippen LogP contribution < -0.4 is 19.0 Å². The molecule has 0 unspecified atom stereocenters. The first-order chi connectivity index (χ1) is 14.0. The van der Waals surface area contributed by atoms with Crippen molar-refractivity contribution in [2.24, 2.45) is 4.99 Å². The fraction of sp³-hybridized carbons (Fsp3) is 0.250. The van der Waals surface area contributed by atoms with Crippen molar-refractivity contribution in [2.45, 2.75) is 6.54 Å². The lowest BCUT2D eigenvalue weighted by Crippen LogP contribution is -2.22. The molecule has 1 aromatic heterocycles. The Morgan fingerprint density at radius 3 is 2.28 bits per heavy atom. The number of nitrogens with zero attached hydrogens (tertiary/aromatic N) is 2. The Hall–Kier alpha value is -3.33. The van der Waals surface area contributed by atoms with Gasteiger partial charge in [-0.05, 0) is 24.3 Å². The number of ether oxygens (including phenoxy) is 4. The molecule has 0 radical (unpaired) electrons. The first-order valence-electron chi connectivity index (χ1n) is 8.56. The van der Waals surface area contributed by atoms with Gasteiger partial charge in [0.15, 0.2) is 4.80 Å². The molecule has 0 N–H and O–H groups in total. The third-order valence-electron chi connectivity index (χ3n) is 4.19. The molecule has 29 heavy (non-hydrogen) atoms. The van der Waals surface area contributed by atoms with Gasteiger partial charge in [0.25, 0.3) is 5.91 Å². The van der Waals surface area contributed by atoms with E-state index in [4.69, 9.17) is 18.9 Å². The molecular weight excluding hydrogens is 396 g/mol. The number of aromatic nitrogens is 1. The minimum Gasteiger partial charge on any atom is -0.497 e. The summed E-state index contributed by atoms with van der Waals surface area (Å²) in [5.41, 5.74) is 0.968. The van der Waals surface area contributed by atoms with Gasteiger partial charge < -0.3 is 23.5 Å². The summed E-state index contributed by atoms with van der Waals surface area (Å²) in [7, 11) is 5.85. The summed E-state index contributed by atoms with van der Waals surface area (Å²) in [6.45, 7) is -0.107. The monoisotopic (exact) mass is 416 g/mol. The van der Waals surface area contributed by atoms with E-state index in [1.165, 1.54) is 32.7 Å². The van der Waals surface area contributed by atoms with Crippen molar-refractivity contribution in [3.05, 3.63) is 46.8 Å². The second kappa shape index (κ2) is 8.78. The topological polar surface area (TPSA) is 88.4 Å². The average molecular weight is 416 g/mol. The lowest BCUT2D eigenvalue weighted by Gasteiger charge is -2.08. The Bertz CT molecular complexity index is 1110. The van der Waals surface area contributed by atoms with Gasteiger partial charge in [0.05, 0.1) is 33.1 Å². The van der Waals surface area contributed by atoms with E-state index in [0.29, 0.717) is 33.1 Å². The number of hydrogen-bond acceptors (Lipinski definition) is 7. The molecule has 1 amide bonds. The van der Waals surface area contributed by atoms with Gasteiger partial charge in [0.1, 0.15) is 29.3 Å². The zero-order valence-corrected chi connectivity index (χ0v) is 17.2. The van der Waals surface area contributed by atoms with Gasteiger partial charge in [-0.1, -0.05) is 17.4 Å². The Labute approximate surface area is 170 Å². The smallest absolute Gasteiger partial charge is 0.325 e. The quantitative estimate of drug-likeness (QED) is 0.574. The number of hydrogen-bond donors (Lipinski definition) is 0. The number of carbonyl (C=O) groups excluding carboxylic acids is 2. The molecule has 3 aromatic rings. The number of benzene rings is 2. The van der Waals surface area contributed by atoms with Gasteiger partial charge in [-0.15, -0.1) is 0 Å². The van der Waals surface area contributed by atoms with Crippen LogP contribution in [0.15, 0.2) is 41.4 Å². The largest absolute Gasteiger partial charge is 0.497 e. The molecule has 0 atom stereocenters. The van der Waals surface area contributed by atoms with E-state index in [0.717, 1.165) is 4.70 Å². The van der Waals surface area contributed by atoms with Crippen LogP contribution in [0.5, 0.6) is 17.2 Å². The predicted molar refractivity (Wildman–Crippen MR) is 108 cm³/mol. The van der Waals surface area contributed by atoms with Crippen LogP contribution >= 0.6 is 11.3 Å². The molecule has 1 heterocycles. The summed E-state index contributed by atoms with van der Waals surface area (Å²) < 4.78 is 23.1. The molecule has 0 spiro atoms. The summed E-state index contributed by atoms with van der Waals surface area (Å²) in [6.07, 6.45) is 0. The highest BCUT2D eigenvalue weighted by Crippen LogP contribution is 2.28. The highest BCUT2D eigenvalue weighted by molar-refractivity contribution is 7.16. The first-order valence-corrected chi connectivity index (χ1v) is 9.37. The molecule has 152 valence electrons. The van der Waals surface area contributed by atoms with Gasteiger partial charge in [0.2, 0.25) is 0 Å². The maximum absolute atomic E-state index is 12.9. The molecule has 0 aliphatic heterocycles. The van der Waals surface area contributed by atoms with Crippen LogP contribution in [0.25, 0.3) is 10.2 Å². The number of fused-ring (bicyclic) bond motifs is 1. The highest BCUT2D eigenvalue weighted by atomic mass is 32.1. The summed E-state index contributed by atoms with van der Waals surface area (Å²) in [6, 6.07) is 10.3. The summed E-state index contributed by atoms with van der Waals surface area (Å²) in [4.78, 5) is 29.4. The Morgan fingerprint density at radius 2 is 1.69 bits per heavy atom. The van der Waals surface area contributed by atoms with Crippen molar-refractivity contribution in [1.82, 2.24) is 4.57 Å². The van der Waals surface area contributed by atoms with Crippen molar-refractivity contribution in [3.8, 4) is 17.2 Å². The van der Waals surface area contributed by atoms with Crippen molar-refractivity contribution >= 4 is 33.4 Å². The number of amides is 1. The molecule has 0 saturated heterocycles. The molecule has 0 aliphatic rings. The normalized spacial score (nSPS) is 11.4. The summed E-state index contributed by atoms with van der Waals surface area (Å²) in [5.74, 6) is 0.560. The van der Waals surface area contributed by atoms with E-state index < -0.39 is 11.9 Å². The van der Waals surface area contributed by atoms with Crippen molar-refractivity contribution in [1.29, 1.82) is 0 Å². The molecule has 8 nitrogen and oxygen atoms in total. The fourth-order valence-corrected chi connectivity index (χ4v) is 3.82. The zero-order valence-electron chi connectivity index (χ0n) is 16.4. The maximum Gasteiger partial charge on any atom is 0.325 e. The van der Waals surface area contributed by atoms with E-state index in [1.807, 2.05) is 12.1 Å². The maximum atomic E-state index is 12.9. The van der Waals surface area contributed by atoms with Crippen LogP contribution in [0, 0.1) is 0 Å². The molecular formula is C20H20N2O6S. The number of rotatable bonds is 6. The lowest BCUT2D eigenvalue weighted by atomic mass is 10.2. The third-order valence-corrected chi connectivity index (χ3v) is 5.24. The van der Waals surface area contributed by atoms with Crippen molar-refractivity contribution in [2.75, 3.05) is 28.4 Å². The van der Waals surface area contributed by atoms with Gasteiger partial charge in [0, 0.05) is 11.6 Å². The number of thiazole rings is 1. The molecule has 0 saturated carbocycles. The summed E-state index contributed by atoms with van der Waals surface area (Å²) >= 11 is 1.27. The summed E-state index contributed by atoms with van der Waals surface area (Å²) in [5, 5.41) is 0. The highest BCUT2D eigenvalue weighted by Gasteiger charge is 2.16. The molecule has 0 bridgehead atoms. The standard InChI is InChI=1S/C20H20N2O6S/c1-25-13-8-12(9-14(10-13)26-2)19(24)21-20-22(11-17(23)28-4)18-15(27-3)6-5-7-16(18)29-20/h5-10H,11H2,1-4H3. The lowest BCUT2D eigenvalue weighted by molar-refractivity contribution is -0.141. The SMILES string of the molecule is COC(=O)Cn1c(=NC(=O)c2cc(OC)cc(OC)c2)sc2cccc(OC)c21. The van der Waals surface area contributed by atoms with E-state index in [1.54, 1.807) is 35.9 Å². The Morgan fingerprint density at radius 1 is 1.00 bits per heavy atom. The molecule has 2 aromatic carbocycles. The van der Waals surface area contributed by atoms with E-state index in [-0.39, 0.29) is 6.54 Å². The number of esters is 1. The molecule has 0 fully saturated rings. The van der Waals surface area contributed by atoms with Crippen LogP contribution in [0.4, 0.5) is 0 Å². The van der Waals surface area contributed by atoms with Crippen LogP contribution in [-0.2, 0) is 16.1 Å². The minimum atomic E-state index is -0.494. The Kier molecular flexibility index (Phi) is 6.18. The van der Waals surface area contributed by atoms with Crippen molar-refractivity contribution in [3.63, 3.8) is 0 Å². The fourth-order valence-electron chi connectivity index (χ4n) is 2.77. The van der Waals surface area contributed by atoms with Crippen LogP contribution in [0.1, 0.15) is 10.4 Å². The zero-order chi connectivity index (χ0) is 21.0. The van der Waals surface area contributed by atoms with Crippen molar-refractivity contribution < 1.29 is 28.5 Å². The molecule has 0 aliphatic carbocycles. The number of methoxy groups -OCH3 is 4.